The van der Waals surface area contributed by atoms with Crippen molar-refractivity contribution >= 4 is 0 Å². The van der Waals surface area contributed by atoms with Gasteiger partial charge >= 0.3 is 0 Å². The van der Waals surface area contributed by atoms with Gasteiger partial charge in [-0.05, 0) is 12.1 Å². The van der Waals surface area contributed by atoms with Crippen LogP contribution in [0, 0.1) is 0 Å². The SMILES string of the molecule is NCC(N)c1ccc(CO)o1. The average Bonchev–Trinajstić information content (AvgIpc) is 2.50. The van der Waals surface area contributed by atoms with Gasteiger partial charge in [0.05, 0.1) is 6.04 Å². The van der Waals surface area contributed by atoms with Crippen molar-refractivity contribution in [2.45, 2.75) is 12.6 Å². The lowest BCUT2D eigenvalue weighted by Gasteiger charge is -2.02. The van der Waals surface area contributed by atoms with Crippen LogP contribution in [-0.4, -0.2) is 11.7 Å². The zero-order chi connectivity index (χ0) is 8.27. The fourth-order valence-corrected chi connectivity index (χ4v) is 0.795. The Labute approximate surface area is 64.8 Å². The molecule has 1 rings (SSSR count). The van der Waals surface area contributed by atoms with Crippen LogP contribution in [0.5, 0.6) is 0 Å². The van der Waals surface area contributed by atoms with Crippen molar-refractivity contribution in [3.63, 3.8) is 0 Å². The van der Waals surface area contributed by atoms with Gasteiger partial charge in [-0.1, -0.05) is 0 Å². The lowest BCUT2D eigenvalue weighted by atomic mass is 10.2. The molecule has 1 heterocycles. The molecule has 0 aliphatic rings. The van der Waals surface area contributed by atoms with Gasteiger partial charge in [0.1, 0.15) is 18.1 Å². The van der Waals surface area contributed by atoms with E-state index in [4.69, 9.17) is 21.0 Å². The van der Waals surface area contributed by atoms with Crippen LogP contribution >= 0.6 is 0 Å². The Hall–Kier alpha value is -0.840. The molecule has 5 N–H and O–H groups in total. The zero-order valence-corrected chi connectivity index (χ0v) is 6.16. The maximum Gasteiger partial charge on any atom is 0.129 e. The van der Waals surface area contributed by atoms with Crippen LogP contribution in [0.2, 0.25) is 0 Å². The lowest BCUT2D eigenvalue weighted by Crippen LogP contribution is -2.19. The van der Waals surface area contributed by atoms with Gasteiger partial charge in [0.15, 0.2) is 0 Å². The van der Waals surface area contributed by atoms with E-state index in [0.717, 1.165) is 0 Å². The number of hydrogen-bond acceptors (Lipinski definition) is 4. The third-order valence-corrected chi connectivity index (χ3v) is 1.46. The molecule has 0 amide bonds. The number of nitrogens with two attached hydrogens (primary N) is 2. The molecular formula is C7H12N2O2. The summed E-state index contributed by atoms with van der Waals surface area (Å²) in [6, 6.07) is 3.14. The Morgan fingerprint density at radius 2 is 2.27 bits per heavy atom. The minimum atomic E-state index is -0.268. The Kier molecular flexibility index (Phi) is 2.64. The maximum atomic E-state index is 8.64. The van der Waals surface area contributed by atoms with E-state index in [9.17, 15) is 0 Å². The molecule has 0 bridgehead atoms. The number of aliphatic hydroxyl groups is 1. The van der Waals surface area contributed by atoms with Crippen LogP contribution in [0.1, 0.15) is 17.6 Å². The van der Waals surface area contributed by atoms with Crippen LogP contribution in [0.3, 0.4) is 0 Å². The fourth-order valence-electron chi connectivity index (χ4n) is 0.795. The Bertz CT molecular complexity index is 222. The first kappa shape index (κ1) is 8.26. The monoisotopic (exact) mass is 156 g/mol. The first-order valence-electron chi connectivity index (χ1n) is 3.43. The maximum absolute atomic E-state index is 8.64. The predicted molar refractivity (Wildman–Crippen MR) is 40.6 cm³/mol. The van der Waals surface area contributed by atoms with Crippen molar-refractivity contribution in [3.8, 4) is 0 Å². The van der Waals surface area contributed by atoms with Crippen molar-refractivity contribution in [1.29, 1.82) is 0 Å². The Balaban J connectivity index is 2.71. The van der Waals surface area contributed by atoms with Gasteiger partial charge in [0.25, 0.3) is 0 Å². The van der Waals surface area contributed by atoms with Crippen molar-refractivity contribution in [1.82, 2.24) is 0 Å². The summed E-state index contributed by atoms with van der Waals surface area (Å²) in [5.41, 5.74) is 10.9. The standard InChI is InChI=1S/C7H12N2O2/c8-3-6(9)7-2-1-5(4-10)11-7/h1-2,6,10H,3-4,8-9H2. The normalized spacial score (nSPS) is 13.4. The summed E-state index contributed by atoms with van der Waals surface area (Å²) in [5.74, 6) is 1.14. The van der Waals surface area contributed by atoms with E-state index in [-0.39, 0.29) is 12.6 Å². The van der Waals surface area contributed by atoms with Crippen molar-refractivity contribution in [3.05, 3.63) is 23.7 Å². The molecule has 4 heteroatoms. The van der Waals surface area contributed by atoms with Crippen LogP contribution in [0.15, 0.2) is 16.5 Å². The molecule has 1 unspecified atom stereocenters. The summed E-state index contributed by atoms with van der Waals surface area (Å²) in [6.45, 7) is 0.246. The third kappa shape index (κ3) is 1.80. The summed E-state index contributed by atoms with van der Waals surface area (Å²) in [7, 11) is 0. The molecule has 4 nitrogen and oxygen atoms in total. The van der Waals surface area contributed by atoms with E-state index < -0.39 is 0 Å². The highest BCUT2D eigenvalue weighted by Gasteiger charge is 2.07. The van der Waals surface area contributed by atoms with Gasteiger partial charge in [-0.2, -0.15) is 0 Å². The first-order chi connectivity index (χ1) is 5.27. The molecule has 0 aromatic carbocycles. The van der Waals surface area contributed by atoms with Gasteiger partial charge in [-0.15, -0.1) is 0 Å². The highest BCUT2D eigenvalue weighted by atomic mass is 16.4. The average molecular weight is 156 g/mol. The van der Waals surface area contributed by atoms with Gasteiger partial charge in [-0.25, -0.2) is 0 Å². The Morgan fingerprint density at radius 3 is 2.73 bits per heavy atom. The zero-order valence-electron chi connectivity index (χ0n) is 6.16. The second-order valence-corrected chi connectivity index (χ2v) is 2.30. The predicted octanol–water partition coefficient (Wildman–Crippen LogP) is -0.270. The first-order valence-corrected chi connectivity index (χ1v) is 3.43. The molecule has 1 atom stereocenters. The Morgan fingerprint density at radius 1 is 1.55 bits per heavy atom. The van der Waals surface area contributed by atoms with Gasteiger partial charge in [0, 0.05) is 6.54 Å². The minimum Gasteiger partial charge on any atom is -0.462 e. The molecule has 11 heavy (non-hydrogen) atoms. The molecular weight excluding hydrogens is 144 g/mol. The van der Waals surface area contributed by atoms with Crippen molar-refractivity contribution < 1.29 is 9.52 Å². The molecule has 0 spiro atoms. The highest BCUT2D eigenvalue weighted by molar-refractivity contribution is 5.09. The summed E-state index contributed by atoms with van der Waals surface area (Å²) in [6.07, 6.45) is 0. The molecule has 0 radical (unpaired) electrons. The van der Waals surface area contributed by atoms with E-state index in [1.54, 1.807) is 12.1 Å². The van der Waals surface area contributed by atoms with Gasteiger partial charge < -0.3 is 21.0 Å². The van der Waals surface area contributed by atoms with E-state index >= 15 is 0 Å². The molecule has 0 saturated heterocycles. The number of rotatable bonds is 3. The van der Waals surface area contributed by atoms with E-state index in [0.29, 0.717) is 18.1 Å². The molecule has 62 valence electrons. The largest absolute Gasteiger partial charge is 0.462 e. The smallest absolute Gasteiger partial charge is 0.129 e. The summed E-state index contributed by atoms with van der Waals surface area (Å²) >= 11 is 0. The second-order valence-electron chi connectivity index (χ2n) is 2.30. The molecule has 0 saturated carbocycles. The van der Waals surface area contributed by atoms with Gasteiger partial charge in [-0.3, -0.25) is 0 Å². The highest BCUT2D eigenvalue weighted by Crippen LogP contribution is 2.13. The van der Waals surface area contributed by atoms with E-state index in [1.165, 1.54) is 0 Å². The molecule has 0 aliphatic heterocycles. The van der Waals surface area contributed by atoms with Crippen LogP contribution < -0.4 is 11.5 Å². The lowest BCUT2D eigenvalue weighted by molar-refractivity contribution is 0.241. The van der Waals surface area contributed by atoms with Crippen molar-refractivity contribution in [2.75, 3.05) is 6.54 Å². The van der Waals surface area contributed by atoms with Crippen LogP contribution in [0.25, 0.3) is 0 Å². The third-order valence-electron chi connectivity index (χ3n) is 1.46. The molecule has 0 aliphatic carbocycles. The number of furan rings is 1. The summed E-state index contributed by atoms with van der Waals surface area (Å²) in [4.78, 5) is 0. The van der Waals surface area contributed by atoms with Crippen LogP contribution in [-0.2, 0) is 6.61 Å². The molecule has 1 aromatic heterocycles. The number of hydrogen-bond donors (Lipinski definition) is 3. The fraction of sp³-hybridized carbons (Fsp3) is 0.429. The van der Waals surface area contributed by atoms with Crippen molar-refractivity contribution in [2.24, 2.45) is 11.5 Å². The number of aliphatic hydroxyl groups excluding tert-OH is 1. The van der Waals surface area contributed by atoms with Gasteiger partial charge in [0.2, 0.25) is 0 Å². The summed E-state index contributed by atoms with van der Waals surface area (Å²) < 4.78 is 5.13. The van der Waals surface area contributed by atoms with E-state index in [2.05, 4.69) is 0 Å². The summed E-state index contributed by atoms with van der Waals surface area (Å²) in [5, 5.41) is 8.64. The minimum absolute atomic E-state index is 0.0999. The quantitative estimate of drug-likeness (QED) is 0.562. The molecule has 1 aromatic rings. The second kappa shape index (κ2) is 3.52. The van der Waals surface area contributed by atoms with Crippen LogP contribution in [0.4, 0.5) is 0 Å². The topological polar surface area (TPSA) is 85.4 Å². The molecule has 0 fully saturated rings. The van der Waals surface area contributed by atoms with E-state index in [1.807, 2.05) is 0 Å².